The van der Waals surface area contributed by atoms with E-state index in [0.717, 1.165) is 43.1 Å². The van der Waals surface area contributed by atoms with Crippen LogP contribution < -0.4 is 0 Å². The Kier molecular flexibility index (Phi) is 4.22. The van der Waals surface area contributed by atoms with E-state index in [1.807, 2.05) is 40.8 Å². The van der Waals surface area contributed by atoms with Crippen molar-refractivity contribution in [2.24, 2.45) is 0 Å². The van der Waals surface area contributed by atoms with Crippen molar-refractivity contribution in [3.63, 3.8) is 0 Å². The number of hydrogen-bond acceptors (Lipinski definition) is 3. The molecule has 5 heteroatoms. The zero-order chi connectivity index (χ0) is 15.5. The Labute approximate surface area is 131 Å². The van der Waals surface area contributed by atoms with E-state index in [1.165, 1.54) is 0 Å². The lowest BCUT2D eigenvalue weighted by molar-refractivity contribution is -0.131. The number of carbonyl (C=O) groups excluding carboxylic acids is 1. The van der Waals surface area contributed by atoms with E-state index in [9.17, 15) is 4.79 Å². The molecule has 2 aromatic heterocycles. The highest BCUT2D eigenvalue weighted by molar-refractivity contribution is 5.76. The third kappa shape index (κ3) is 2.63. The van der Waals surface area contributed by atoms with Gasteiger partial charge in [0.25, 0.3) is 0 Å². The quantitative estimate of drug-likeness (QED) is 0.872. The second kappa shape index (κ2) is 6.30. The molecular weight excluding hydrogens is 276 g/mol. The molecule has 0 aliphatic carbocycles. The van der Waals surface area contributed by atoms with Gasteiger partial charge in [0.15, 0.2) is 0 Å². The van der Waals surface area contributed by atoms with Gasteiger partial charge in [-0.2, -0.15) is 0 Å². The van der Waals surface area contributed by atoms with Gasteiger partial charge in [0.05, 0.1) is 11.7 Å². The van der Waals surface area contributed by atoms with E-state index in [1.54, 1.807) is 6.20 Å². The van der Waals surface area contributed by atoms with Gasteiger partial charge >= 0.3 is 0 Å². The number of carbonyl (C=O) groups is 1. The van der Waals surface area contributed by atoms with Gasteiger partial charge in [0.2, 0.25) is 5.91 Å². The van der Waals surface area contributed by atoms with Crippen LogP contribution in [0, 0.1) is 0 Å². The minimum absolute atomic E-state index is 0.112. The van der Waals surface area contributed by atoms with Crippen LogP contribution in [0.2, 0.25) is 0 Å². The van der Waals surface area contributed by atoms with Crippen molar-refractivity contribution in [2.45, 2.75) is 45.6 Å². The number of aryl methyl sites for hydroxylation is 1. The smallest absolute Gasteiger partial charge is 0.222 e. The Balaban J connectivity index is 1.93. The monoisotopic (exact) mass is 298 g/mol. The highest BCUT2D eigenvalue weighted by Crippen LogP contribution is 2.31. The zero-order valence-corrected chi connectivity index (χ0v) is 13.2. The maximum absolute atomic E-state index is 12.1. The molecule has 1 fully saturated rings. The summed E-state index contributed by atoms with van der Waals surface area (Å²) < 4.78 is 2.02. The van der Waals surface area contributed by atoms with Gasteiger partial charge in [-0.15, -0.1) is 0 Å². The maximum Gasteiger partial charge on any atom is 0.222 e. The van der Waals surface area contributed by atoms with Gasteiger partial charge in [-0.25, -0.2) is 9.97 Å². The third-order valence-corrected chi connectivity index (χ3v) is 4.25. The van der Waals surface area contributed by atoms with Crippen molar-refractivity contribution in [3.05, 3.63) is 42.1 Å². The Morgan fingerprint density at radius 2 is 2.23 bits per heavy atom. The summed E-state index contributed by atoms with van der Waals surface area (Å²) in [6.07, 6.45) is 7.20. The average molecular weight is 298 g/mol. The molecule has 1 aliphatic rings. The molecular formula is C17H22N4O. The predicted octanol–water partition coefficient (Wildman–Crippen LogP) is 2.90. The van der Waals surface area contributed by atoms with Gasteiger partial charge in [0, 0.05) is 31.8 Å². The fourth-order valence-corrected chi connectivity index (χ4v) is 3.14. The summed E-state index contributed by atoms with van der Waals surface area (Å²) in [5.74, 6) is 2.09. The summed E-state index contributed by atoms with van der Waals surface area (Å²) in [7, 11) is 0. The molecule has 0 bridgehead atoms. The molecule has 1 amide bonds. The Morgan fingerprint density at radius 3 is 3.00 bits per heavy atom. The minimum atomic E-state index is 0.112. The minimum Gasteiger partial charge on any atom is -0.334 e. The Morgan fingerprint density at radius 1 is 1.36 bits per heavy atom. The molecule has 1 saturated heterocycles. The Bertz CT molecular complexity index is 664. The number of pyridine rings is 1. The van der Waals surface area contributed by atoms with Gasteiger partial charge in [-0.1, -0.05) is 19.9 Å². The van der Waals surface area contributed by atoms with Crippen molar-refractivity contribution in [1.29, 1.82) is 0 Å². The molecule has 22 heavy (non-hydrogen) atoms. The molecule has 116 valence electrons. The molecule has 0 radical (unpaired) electrons. The summed E-state index contributed by atoms with van der Waals surface area (Å²) in [6, 6.07) is 6.15. The SMILES string of the molecule is CCC(=O)N1CCC[C@H]1c1cccc(-n2ccnc2CC)n1. The summed E-state index contributed by atoms with van der Waals surface area (Å²) >= 11 is 0. The van der Waals surface area contributed by atoms with E-state index in [0.29, 0.717) is 6.42 Å². The van der Waals surface area contributed by atoms with Gasteiger partial charge in [-0.05, 0) is 25.0 Å². The molecule has 0 aromatic carbocycles. The highest BCUT2D eigenvalue weighted by atomic mass is 16.2. The number of likely N-dealkylation sites (tertiary alicyclic amines) is 1. The van der Waals surface area contributed by atoms with Crippen molar-refractivity contribution < 1.29 is 4.79 Å². The maximum atomic E-state index is 12.1. The van der Waals surface area contributed by atoms with Crippen molar-refractivity contribution in [1.82, 2.24) is 19.4 Å². The third-order valence-electron chi connectivity index (χ3n) is 4.25. The topological polar surface area (TPSA) is 51.0 Å². The Hall–Kier alpha value is -2.17. The van der Waals surface area contributed by atoms with Crippen molar-refractivity contribution >= 4 is 5.91 Å². The van der Waals surface area contributed by atoms with Crippen LogP contribution in [0.1, 0.15) is 50.7 Å². The lowest BCUT2D eigenvalue weighted by Gasteiger charge is -2.24. The van der Waals surface area contributed by atoms with E-state index < -0.39 is 0 Å². The number of nitrogens with zero attached hydrogens (tertiary/aromatic N) is 4. The van der Waals surface area contributed by atoms with Crippen molar-refractivity contribution in [2.75, 3.05) is 6.54 Å². The highest BCUT2D eigenvalue weighted by Gasteiger charge is 2.30. The summed E-state index contributed by atoms with van der Waals surface area (Å²) in [5, 5.41) is 0. The summed E-state index contributed by atoms with van der Waals surface area (Å²) in [4.78, 5) is 23.2. The van der Waals surface area contributed by atoms with Gasteiger partial charge < -0.3 is 4.90 Å². The van der Waals surface area contributed by atoms with E-state index in [2.05, 4.69) is 11.9 Å². The van der Waals surface area contributed by atoms with Gasteiger partial charge in [-0.3, -0.25) is 9.36 Å². The van der Waals surface area contributed by atoms with E-state index in [-0.39, 0.29) is 11.9 Å². The van der Waals surface area contributed by atoms with Crippen LogP contribution in [0.3, 0.4) is 0 Å². The molecule has 3 heterocycles. The largest absolute Gasteiger partial charge is 0.334 e. The second-order valence-corrected chi connectivity index (χ2v) is 5.59. The fraction of sp³-hybridized carbons (Fsp3) is 0.471. The van der Waals surface area contributed by atoms with Crippen LogP contribution in [-0.4, -0.2) is 31.9 Å². The average Bonchev–Trinajstić information content (AvgIpc) is 3.22. The summed E-state index contributed by atoms with van der Waals surface area (Å²) in [6.45, 7) is 4.84. The van der Waals surface area contributed by atoms with Crippen LogP contribution in [0.25, 0.3) is 5.82 Å². The van der Waals surface area contributed by atoms with Crippen LogP contribution in [0.4, 0.5) is 0 Å². The first kappa shape index (κ1) is 14.8. The number of rotatable bonds is 4. The van der Waals surface area contributed by atoms with Gasteiger partial charge in [0.1, 0.15) is 11.6 Å². The summed E-state index contributed by atoms with van der Waals surface area (Å²) in [5.41, 5.74) is 0.979. The molecule has 2 aromatic rings. The molecule has 3 rings (SSSR count). The first-order valence-corrected chi connectivity index (χ1v) is 8.03. The first-order chi connectivity index (χ1) is 10.7. The number of imidazole rings is 1. The standard InChI is InChI=1S/C17H22N4O/c1-3-15-18-10-12-21(15)16-9-5-7-13(19-16)14-8-6-11-20(14)17(22)4-2/h5,7,9-10,12,14H,3-4,6,8,11H2,1-2H3/t14-/m0/s1. The first-order valence-electron chi connectivity index (χ1n) is 8.03. The zero-order valence-electron chi connectivity index (χ0n) is 13.2. The van der Waals surface area contributed by atoms with Crippen LogP contribution >= 0.6 is 0 Å². The molecule has 0 unspecified atom stereocenters. The molecule has 1 aliphatic heterocycles. The van der Waals surface area contributed by atoms with Crippen LogP contribution in [0.15, 0.2) is 30.6 Å². The molecule has 0 saturated carbocycles. The fourth-order valence-electron chi connectivity index (χ4n) is 3.14. The predicted molar refractivity (Wildman–Crippen MR) is 84.7 cm³/mol. The lowest BCUT2D eigenvalue weighted by atomic mass is 10.1. The second-order valence-electron chi connectivity index (χ2n) is 5.59. The molecule has 0 spiro atoms. The lowest BCUT2D eigenvalue weighted by Crippen LogP contribution is -2.30. The van der Waals surface area contributed by atoms with E-state index in [4.69, 9.17) is 4.98 Å². The van der Waals surface area contributed by atoms with Crippen LogP contribution in [0.5, 0.6) is 0 Å². The number of aromatic nitrogens is 3. The number of hydrogen-bond donors (Lipinski definition) is 0. The molecule has 0 N–H and O–H groups in total. The molecule has 1 atom stereocenters. The molecule has 5 nitrogen and oxygen atoms in total. The number of amides is 1. The van der Waals surface area contributed by atoms with Crippen molar-refractivity contribution in [3.8, 4) is 5.82 Å². The van der Waals surface area contributed by atoms with E-state index >= 15 is 0 Å². The normalized spacial score (nSPS) is 17.9. The van der Waals surface area contributed by atoms with Crippen LogP contribution in [-0.2, 0) is 11.2 Å².